The first-order valence-electron chi connectivity index (χ1n) is 12.4. The van der Waals surface area contributed by atoms with Gasteiger partial charge in [0.05, 0.1) is 18.4 Å². The molecule has 2 heterocycles. The number of para-hydroxylation sites is 1. The molecule has 1 aliphatic heterocycles. The number of hydrogen-bond donors (Lipinski definition) is 3. The molecule has 0 aliphatic carbocycles. The van der Waals surface area contributed by atoms with Crippen LogP contribution >= 0.6 is 11.5 Å². The minimum Gasteiger partial charge on any atom is -0.494 e. The lowest BCUT2D eigenvalue weighted by molar-refractivity contribution is -0.123. The van der Waals surface area contributed by atoms with Gasteiger partial charge in [-0.1, -0.05) is 30.3 Å². The van der Waals surface area contributed by atoms with E-state index in [2.05, 4.69) is 9.69 Å². The molecule has 0 spiro atoms. The van der Waals surface area contributed by atoms with Crippen LogP contribution in [0.15, 0.2) is 48.5 Å². The summed E-state index contributed by atoms with van der Waals surface area (Å²) < 4.78 is 15.2. The molecule has 1 aromatic heterocycles. The van der Waals surface area contributed by atoms with Crippen LogP contribution in [-0.4, -0.2) is 48.0 Å². The fourth-order valence-corrected chi connectivity index (χ4v) is 5.13. The van der Waals surface area contributed by atoms with Gasteiger partial charge in [0.2, 0.25) is 5.91 Å². The second-order valence-electron chi connectivity index (χ2n) is 8.88. The van der Waals surface area contributed by atoms with Gasteiger partial charge in [-0.15, -0.1) is 0 Å². The number of primary amides is 1. The Kier molecular flexibility index (Phi) is 8.59. The van der Waals surface area contributed by atoms with Crippen LogP contribution in [0.4, 0.5) is 11.4 Å². The number of hydrogen-bond acceptors (Lipinski definition) is 8. The van der Waals surface area contributed by atoms with Crippen molar-refractivity contribution in [3.63, 3.8) is 0 Å². The molecule has 2 unspecified atom stereocenters. The summed E-state index contributed by atoms with van der Waals surface area (Å²) in [6.07, 6.45) is 1.70. The molecule has 3 amide bonds. The number of rotatable bonds is 10. The Morgan fingerprint density at radius 2 is 1.95 bits per heavy atom. The lowest BCUT2D eigenvalue weighted by Crippen LogP contribution is -2.45. The first-order chi connectivity index (χ1) is 18.3. The summed E-state index contributed by atoms with van der Waals surface area (Å²) in [4.78, 5) is 41.2. The minimum atomic E-state index is -1.07. The normalized spacial score (nSPS) is 15.6. The summed E-state index contributed by atoms with van der Waals surface area (Å²) in [5.74, 6) is -1.16. The van der Waals surface area contributed by atoms with Gasteiger partial charge in [0.25, 0.3) is 11.8 Å². The van der Waals surface area contributed by atoms with Gasteiger partial charge in [0.1, 0.15) is 16.7 Å². The molecule has 0 saturated carbocycles. The van der Waals surface area contributed by atoms with Gasteiger partial charge in [-0.25, -0.2) is 0 Å². The number of benzene rings is 2. The van der Waals surface area contributed by atoms with Crippen LogP contribution in [0.5, 0.6) is 5.75 Å². The Labute approximate surface area is 225 Å². The van der Waals surface area contributed by atoms with Crippen molar-refractivity contribution in [1.82, 2.24) is 9.69 Å². The van der Waals surface area contributed by atoms with E-state index >= 15 is 0 Å². The predicted molar refractivity (Wildman–Crippen MR) is 145 cm³/mol. The molecule has 11 heteroatoms. The fourth-order valence-electron chi connectivity index (χ4n) is 4.39. The van der Waals surface area contributed by atoms with Gasteiger partial charge in [-0.05, 0) is 67.5 Å². The van der Waals surface area contributed by atoms with Gasteiger partial charge in [0, 0.05) is 18.8 Å². The zero-order valence-corrected chi connectivity index (χ0v) is 22.1. The molecule has 1 saturated heterocycles. The number of nitrogens with one attached hydrogen (secondary N) is 1. The summed E-state index contributed by atoms with van der Waals surface area (Å²) in [5, 5.41) is 2.97. The fraction of sp³-hybridized carbons (Fsp3) is 0.333. The summed E-state index contributed by atoms with van der Waals surface area (Å²) in [6, 6.07) is 13.2. The van der Waals surface area contributed by atoms with Crippen LogP contribution in [-0.2, 0) is 9.53 Å². The van der Waals surface area contributed by atoms with Crippen molar-refractivity contribution in [1.29, 1.82) is 0 Å². The number of amides is 3. The summed E-state index contributed by atoms with van der Waals surface area (Å²) in [7, 11) is 0. The monoisotopic (exact) mass is 537 g/mol. The third-order valence-electron chi connectivity index (χ3n) is 6.29. The maximum atomic E-state index is 14.1. The molecule has 1 fully saturated rings. The zero-order valence-electron chi connectivity index (χ0n) is 21.3. The van der Waals surface area contributed by atoms with E-state index in [0.717, 1.165) is 29.9 Å². The van der Waals surface area contributed by atoms with Crippen LogP contribution in [0.25, 0.3) is 0 Å². The lowest BCUT2D eigenvalue weighted by atomic mass is 10.0. The molecule has 2 atom stereocenters. The van der Waals surface area contributed by atoms with Crippen LogP contribution in [0, 0.1) is 6.92 Å². The molecule has 3 aromatic rings. The highest BCUT2D eigenvalue weighted by Crippen LogP contribution is 2.35. The molecule has 1 aliphatic rings. The number of anilines is 2. The predicted octanol–water partition coefficient (Wildman–Crippen LogP) is 3.21. The highest BCUT2D eigenvalue weighted by molar-refractivity contribution is 7.09. The largest absolute Gasteiger partial charge is 0.494 e. The third kappa shape index (κ3) is 5.79. The first kappa shape index (κ1) is 27.1. The smallest absolute Gasteiger partial charge is 0.273 e. The Morgan fingerprint density at radius 1 is 1.21 bits per heavy atom. The Hall–Kier alpha value is -3.96. The van der Waals surface area contributed by atoms with E-state index in [1.54, 1.807) is 36.4 Å². The molecule has 5 N–H and O–H groups in total. The SMILES string of the molecule is CCOc1ccc(C(C(=O)NCC2CCCO2)N(C(=O)c2snc(C(N)=O)c2N)c2ccccc2C)cc1. The average Bonchev–Trinajstić information content (AvgIpc) is 3.57. The number of carbonyl (C=O) groups excluding carboxylic acids is 3. The second-order valence-corrected chi connectivity index (χ2v) is 9.66. The molecule has 4 rings (SSSR count). The maximum absolute atomic E-state index is 14.1. The lowest BCUT2D eigenvalue weighted by Gasteiger charge is -2.32. The van der Waals surface area contributed by atoms with Crippen molar-refractivity contribution in [3.05, 3.63) is 70.2 Å². The molecular formula is C27H31N5O5S. The van der Waals surface area contributed by atoms with Crippen molar-refractivity contribution in [2.24, 2.45) is 5.73 Å². The van der Waals surface area contributed by atoms with E-state index < -0.39 is 17.9 Å². The Morgan fingerprint density at radius 3 is 2.55 bits per heavy atom. The molecule has 38 heavy (non-hydrogen) atoms. The van der Waals surface area contributed by atoms with Gasteiger partial charge in [-0.2, -0.15) is 4.37 Å². The third-order valence-corrected chi connectivity index (χ3v) is 7.14. The quantitative estimate of drug-likeness (QED) is 0.359. The highest BCUT2D eigenvalue weighted by atomic mass is 32.1. The number of nitrogens with two attached hydrogens (primary N) is 2. The van der Waals surface area contributed by atoms with Gasteiger partial charge < -0.3 is 26.3 Å². The number of carbonyl (C=O) groups is 3. The zero-order chi connectivity index (χ0) is 27.2. The van der Waals surface area contributed by atoms with Crippen molar-refractivity contribution in [2.75, 3.05) is 30.4 Å². The van der Waals surface area contributed by atoms with Crippen LogP contribution in [0.3, 0.4) is 0 Å². The molecule has 10 nitrogen and oxygen atoms in total. The van der Waals surface area contributed by atoms with Crippen LogP contribution in [0.2, 0.25) is 0 Å². The van der Waals surface area contributed by atoms with E-state index in [1.165, 1.54) is 4.90 Å². The number of nitrogen functional groups attached to an aromatic ring is 1. The van der Waals surface area contributed by atoms with Crippen molar-refractivity contribution < 1.29 is 23.9 Å². The maximum Gasteiger partial charge on any atom is 0.273 e. The highest BCUT2D eigenvalue weighted by Gasteiger charge is 2.37. The van der Waals surface area contributed by atoms with Gasteiger partial charge in [0.15, 0.2) is 5.69 Å². The minimum absolute atomic E-state index is 0.0184. The number of aromatic nitrogens is 1. The first-order valence-corrected chi connectivity index (χ1v) is 13.1. The Balaban J connectivity index is 1.81. The summed E-state index contributed by atoms with van der Waals surface area (Å²) in [6.45, 7) is 5.19. The molecule has 0 radical (unpaired) electrons. The summed E-state index contributed by atoms with van der Waals surface area (Å²) in [5.41, 5.74) is 13.1. The van der Waals surface area contributed by atoms with E-state index in [9.17, 15) is 14.4 Å². The van der Waals surface area contributed by atoms with E-state index in [-0.39, 0.29) is 28.3 Å². The molecule has 0 bridgehead atoms. The molecule has 2 aromatic carbocycles. The Bertz CT molecular complexity index is 1300. The van der Waals surface area contributed by atoms with Crippen molar-refractivity contribution in [3.8, 4) is 5.75 Å². The number of nitrogens with zero attached hydrogens (tertiary/aromatic N) is 2. The topological polar surface area (TPSA) is 150 Å². The number of aryl methyl sites for hydroxylation is 1. The van der Waals surface area contributed by atoms with E-state index in [1.807, 2.05) is 26.0 Å². The van der Waals surface area contributed by atoms with Crippen molar-refractivity contribution >= 4 is 40.6 Å². The second kappa shape index (κ2) is 12.1. The number of ether oxygens (including phenoxy) is 2. The van der Waals surface area contributed by atoms with Gasteiger partial charge >= 0.3 is 0 Å². The standard InChI is InChI=1S/C27H31N5O5S/c1-3-36-18-12-10-17(11-13-18)23(26(34)30-15-19-8-6-14-37-19)32(20-9-5-4-7-16(20)2)27(35)24-21(28)22(25(29)33)31-38-24/h4-5,7,9-13,19,23H,3,6,8,14-15,28H2,1-2H3,(H2,29,33)(H,30,34). The van der Waals surface area contributed by atoms with Crippen molar-refractivity contribution in [2.45, 2.75) is 38.8 Å². The van der Waals surface area contributed by atoms with Crippen LogP contribution < -0.4 is 26.4 Å². The molecular weight excluding hydrogens is 506 g/mol. The van der Waals surface area contributed by atoms with E-state index in [0.29, 0.717) is 36.8 Å². The van der Waals surface area contributed by atoms with Gasteiger partial charge in [-0.3, -0.25) is 19.3 Å². The van der Waals surface area contributed by atoms with Crippen LogP contribution in [0.1, 0.15) is 57.1 Å². The molecule has 200 valence electrons. The average molecular weight is 538 g/mol. The summed E-state index contributed by atoms with van der Waals surface area (Å²) >= 11 is 0.770. The van der Waals surface area contributed by atoms with E-state index in [4.69, 9.17) is 20.9 Å².